The number of ether oxygens (including phenoxy) is 1. The Morgan fingerprint density at radius 3 is 2.59 bits per heavy atom. The number of aryl methyl sites for hydroxylation is 1. The summed E-state index contributed by atoms with van der Waals surface area (Å²) in [6.45, 7) is 6.06. The van der Waals surface area contributed by atoms with E-state index in [1.54, 1.807) is 12.2 Å². The molecule has 1 N–H and O–H groups in total. The number of hydrogen-bond acceptors (Lipinski definition) is 3. The Morgan fingerprint density at radius 2 is 1.89 bits per heavy atom. The quantitative estimate of drug-likeness (QED) is 0.769. The van der Waals surface area contributed by atoms with Crippen molar-refractivity contribution in [3.63, 3.8) is 0 Å². The first kappa shape index (κ1) is 19.6. The molecule has 1 atom stereocenters. The van der Waals surface area contributed by atoms with Gasteiger partial charge in [0.15, 0.2) is 0 Å². The molecule has 27 heavy (non-hydrogen) atoms. The zero-order valence-electron chi connectivity index (χ0n) is 15.5. The van der Waals surface area contributed by atoms with Crippen LogP contribution < -0.4 is 5.32 Å². The Labute approximate surface area is 165 Å². The maximum atomic E-state index is 12.5. The Balaban J connectivity index is 1.70. The summed E-state index contributed by atoms with van der Waals surface area (Å²) in [5.74, 6) is -0.131. The highest BCUT2D eigenvalue weighted by atomic mass is 35.5. The van der Waals surface area contributed by atoms with Crippen LogP contribution in [0, 0.1) is 6.92 Å². The van der Waals surface area contributed by atoms with Gasteiger partial charge in [0.1, 0.15) is 0 Å². The number of nitrogens with zero attached hydrogens (tertiary/aromatic N) is 1. The van der Waals surface area contributed by atoms with Gasteiger partial charge >= 0.3 is 0 Å². The number of carbonyl (C=O) groups is 1. The topological polar surface area (TPSA) is 41.6 Å². The number of morpholine rings is 1. The Bertz CT molecular complexity index is 783. The van der Waals surface area contributed by atoms with Crippen LogP contribution in [-0.4, -0.2) is 43.7 Å². The smallest absolute Gasteiger partial charge is 0.244 e. The molecule has 1 heterocycles. The average Bonchev–Trinajstić information content (AvgIpc) is 2.68. The Hall–Kier alpha value is -2.14. The highest BCUT2D eigenvalue weighted by Gasteiger charge is 2.19. The molecule has 1 fully saturated rings. The van der Waals surface area contributed by atoms with Crippen molar-refractivity contribution in [2.24, 2.45) is 0 Å². The maximum Gasteiger partial charge on any atom is 0.244 e. The summed E-state index contributed by atoms with van der Waals surface area (Å²) in [5.41, 5.74) is 3.13. The van der Waals surface area contributed by atoms with Crippen LogP contribution in [0.2, 0.25) is 5.02 Å². The summed E-state index contributed by atoms with van der Waals surface area (Å²) >= 11 is 6.15. The monoisotopic (exact) mass is 384 g/mol. The largest absolute Gasteiger partial charge is 0.379 e. The van der Waals surface area contributed by atoms with Crippen molar-refractivity contribution in [2.75, 3.05) is 32.8 Å². The molecular weight excluding hydrogens is 360 g/mol. The Morgan fingerprint density at radius 1 is 1.19 bits per heavy atom. The molecule has 2 aromatic rings. The lowest BCUT2D eigenvalue weighted by Crippen LogP contribution is -2.42. The van der Waals surface area contributed by atoms with Gasteiger partial charge in [-0.1, -0.05) is 59.6 Å². The van der Waals surface area contributed by atoms with Crippen LogP contribution in [-0.2, 0) is 9.53 Å². The van der Waals surface area contributed by atoms with E-state index in [1.165, 1.54) is 5.56 Å². The van der Waals surface area contributed by atoms with Crippen molar-refractivity contribution in [3.8, 4) is 0 Å². The standard InChI is InChI=1S/C22H25ClN2O2/c1-17-6-8-19(9-7-17)21(16-25-12-14-27-15-13-25)24-22(26)11-10-18-4-2-3-5-20(18)23/h2-11,21H,12-16H2,1H3,(H,24,26)/b11-10+. The van der Waals surface area contributed by atoms with Gasteiger partial charge in [-0.05, 0) is 30.2 Å². The number of nitrogens with one attached hydrogen (secondary N) is 1. The van der Waals surface area contributed by atoms with E-state index >= 15 is 0 Å². The van der Waals surface area contributed by atoms with E-state index in [0.29, 0.717) is 5.02 Å². The van der Waals surface area contributed by atoms with Gasteiger partial charge in [0, 0.05) is 30.7 Å². The molecule has 2 aromatic carbocycles. The van der Waals surface area contributed by atoms with Crippen molar-refractivity contribution >= 4 is 23.6 Å². The van der Waals surface area contributed by atoms with Crippen LogP contribution in [0.3, 0.4) is 0 Å². The summed E-state index contributed by atoms with van der Waals surface area (Å²) in [4.78, 5) is 14.9. The highest BCUT2D eigenvalue weighted by Crippen LogP contribution is 2.18. The van der Waals surface area contributed by atoms with E-state index in [2.05, 4.69) is 41.4 Å². The van der Waals surface area contributed by atoms with Crippen molar-refractivity contribution in [3.05, 3.63) is 76.3 Å². The molecule has 0 aliphatic carbocycles. The third-order valence-corrected chi connectivity index (χ3v) is 5.00. The summed E-state index contributed by atoms with van der Waals surface area (Å²) in [6, 6.07) is 15.7. The summed E-state index contributed by atoms with van der Waals surface area (Å²) in [7, 11) is 0. The van der Waals surface area contributed by atoms with Crippen molar-refractivity contribution < 1.29 is 9.53 Å². The predicted octanol–water partition coefficient (Wildman–Crippen LogP) is 3.85. The minimum absolute atomic E-state index is 0.0768. The van der Waals surface area contributed by atoms with Crippen LogP contribution in [0.1, 0.15) is 22.7 Å². The number of halogens is 1. The van der Waals surface area contributed by atoms with E-state index in [9.17, 15) is 4.79 Å². The maximum absolute atomic E-state index is 12.5. The number of amides is 1. The van der Waals surface area contributed by atoms with Crippen LogP contribution >= 0.6 is 11.6 Å². The molecule has 0 spiro atoms. The third-order valence-electron chi connectivity index (χ3n) is 4.66. The van der Waals surface area contributed by atoms with Crippen LogP contribution in [0.15, 0.2) is 54.6 Å². The molecule has 0 aromatic heterocycles. The zero-order chi connectivity index (χ0) is 19.1. The number of benzene rings is 2. The second kappa shape index (κ2) is 9.70. The van der Waals surface area contributed by atoms with Crippen molar-refractivity contribution in [1.29, 1.82) is 0 Å². The van der Waals surface area contributed by atoms with Gasteiger partial charge in [0.2, 0.25) is 5.91 Å². The van der Waals surface area contributed by atoms with E-state index in [-0.39, 0.29) is 11.9 Å². The molecule has 4 nitrogen and oxygen atoms in total. The normalized spacial score (nSPS) is 16.4. The molecule has 0 bridgehead atoms. The first-order valence-electron chi connectivity index (χ1n) is 9.21. The molecule has 1 saturated heterocycles. The number of carbonyl (C=O) groups excluding carboxylic acids is 1. The zero-order valence-corrected chi connectivity index (χ0v) is 16.3. The number of rotatable bonds is 6. The Kier molecular flexibility index (Phi) is 7.04. The molecule has 1 unspecified atom stereocenters. The predicted molar refractivity (Wildman–Crippen MR) is 110 cm³/mol. The van der Waals surface area contributed by atoms with Gasteiger partial charge in [-0.25, -0.2) is 0 Å². The van der Waals surface area contributed by atoms with E-state index in [0.717, 1.165) is 44.0 Å². The number of hydrogen-bond donors (Lipinski definition) is 1. The van der Waals surface area contributed by atoms with E-state index in [4.69, 9.17) is 16.3 Å². The molecule has 1 aliphatic heterocycles. The van der Waals surface area contributed by atoms with Gasteiger partial charge in [0.05, 0.1) is 19.3 Å². The average molecular weight is 385 g/mol. The third kappa shape index (κ3) is 5.93. The molecule has 5 heteroatoms. The summed E-state index contributed by atoms with van der Waals surface area (Å²) in [5, 5.41) is 3.77. The summed E-state index contributed by atoms with van der Waals surface area (Å²) in [6.07, 6.45) is 3.29. The van der Waals surface area contributed by atoms with Crippen LogP contribution in [0.5, 0.6) is 0 Å². The molecule has 3 rings (SSSR count). The van der Waals surface area contributed by atoms with E-state index in [1.807, 2.05) is 24.3 Å². The minimum Gasteiger partial charge on any atom is -0.379 e. The van der Waals surface area contributed by atoms with Crippen LogP contribution in [0.25, 0.3) is 6.08 Å². The van der Waals surface area contributed by atoms with Crippen molar-refractivity contribution in [2.45, 2.75) is 13.0 Å². The fourth-order valence-electron chi connectivity index (χ4n) is 3.07. The van der Waals surface area contributed by atoms with E-state index < -0.39 is 0 Å². The first-order valence-corrected chi connectivity index (χ1v) is 9.59. The van der Waals surface area contributed by atoms with Crippen LogP contribution in [0.4, 0.5) is 0 Å². The van der Waals surface area contributed by atoms with Gasteiger partial charge in [-0.2, -0.15) is 0 Å². The second-order valence-electron chi connectivity index (χ2n) is 6.74. The highest BCUT2D eigenvalue weighted by molar-refractivity contribution is 6.32. The molecular formula is C22H25ClN2O2. The molecule has 0 radical (unpaired) electrons. The molecule has 1 aliphatic rings. The van der Waals surface area contributed by atoms with Gasteiger partial charge in [-0.15, -0.1) is 0 Å². The lowest BCUT2D eigenvalue weighted by atomic mass is 10.0. The lowest BCUT2D eigenvalue weighted by molar-refractivity contribution is -0.117. The molecule has 1 amide bonds. The SMILES string of the molecule is Cc1ccc(C(CN2CCOCC2)NC(=O)/C=C/c2ccccc2Cl)cc1. The second-order valence-corrected chi connectivity index (χ2v) is 7.15. The fourth-order valence-corrected chi connectivity index (χ4v) is 3.27. The minimum atomic E-state index is -0.131. The van der Waals surface area contributed by atoms with Gasteiger partial charge in [-0.3, -0.25) is 9.69 Å². The molecule has 142 valence electrons. The lowest BCUT2D eigenvalue weighted by Gasteiger charge is -2.31. The summed E-state index contributed by atoms with van der Waals surface area (Å²) < 4.78 is 5.43. The van der Waals surface area contributed by atoms with Crippen molar-refractivity contribution in [1.82, 2.24) is 10.2 Å². The molecule has 0 saturated carbocycles. The van der Waals surface area contributed by atoms with Gasteiger partial charge in [0.25, 0.3) is 0 Å². The first-order chi connectivity index (χ1) is 13.1. The van der Waals surface area contributed by atoms with Gasteiger partial charge < -0.3 is 10.1 Å². The fraction of sp³-hybridized carbons (Fsp3) is 0.318.